The van der Waals surface area contributed by atoms with Gasteiger partial charge in [-0.2, -0.15) is 0 Å². The van der Waals surface area contributed by atoms with E-state index < -0.39 is 73.8 Å². The largest absolute Gasteiger partial charge is 0.457 e. The van der Waals surface area contributed by atoms with Gasteiger partial charge < -0.3 is 55.6 Å². The van der Waals surface area contributed by atoms with E-state index in [1.165, 1.54) is 0 Å². The topological polar surface area (TPSA) is 205 Å². The van der Waals surface area contributed by atoms with Gasteiger partial charge in [0, 0.05) is 0 Å². The Morgan fingerprint density at radius 1 is 1.00 bits per heavy atom. The minimum Gasteiger partial charge on any atom is -0.457 e. The first-order valence-corrected chi connectivity index (χ1v) is 7.75. The summed E-state index contributed by atoms with van der Waals surface area (Å²) in [6.07, 6.45) is -11.6. The Balaban J connectivity index is 1.78. The summed E-state index contributed by atoms with van der Waals surface area (Å²) < 4.78 is 10.5. The molecule has 12 heteroatoms. The highest BCUT2D eigenvalue weighted by Gasteiger charge is 2.64. The van der Waals surface area contributed by atoms with Crippen LogP contribution >= 0.6 is 0 Å². The Bertz CT molecular complexity index is 533. The first-order valence-electron chi connectivity index (χ1n) is 7.75. The van der Waals surface area contributed by atoms with Crippen LogP contribution in [0.4, 0.5) is 0 Å². The van der Waals surface area contributed by atoms with Crippen molar-refractivity contribution in [3.05, 3.63) is 0 Å². The van der Waals surface area contributed by atoms with Gasteiger partial charge in [-0.1, -0.05) is 0 Å². The van der Waals surface area contributed by atoms with Gasteiger partial charge in [0.15, 0.2) is 12.3 Å². The Labute approximate surface area is 141 Å². The molecule has 10 atom stereocenters. The number of hydrogen-bond donors (Lipinski definition) is 9. The number of hydrogen-bond acceptors (Lipinski definition) is 11. The zero-order chi connectivity index (χ0) is 18.5. The molecule has 0 unspecified atom stereocenters. The molecule has 0 amide bonds. The number of aliphatic hydroxyl groups excluding tert-OH is 7. The first kappa shape index (κ1) is 18.7. The predicted octanol–water partition coefficient (Wildman–Crippen LogP) is -6.04. The monoisotopic (exact) mass is 366 g/mol. The molecular weight excluding hydrogens is 344 g/mol. The second kappa shape index (κ2) is 6.57. The first-order chi connectivity index (χ1) is 11.7. The van der Waals surface area contributed by atoms with Crippen LogP contribution in [0.1, 0.15) is 0 Å². The lowest BCUT2D eigenvalue weighted by atomic mass is 9.96. The minimum absolute atomic E-state index is 0.267. The minimum atomic E-state index is -2.07. The second-order valence-electron chi connectivity index (χ2n) is 6.44. The zero-order valence-corrected chi connectivity index (χ0v) is 13.0. The lowest BCUT2D eigenvalue weighted by molar-refractivity contribution is -0.227. The van der Waals surface area contributed by atoms with Crippen LogP contribution < -0.4 is 5.32 Å². The molecule has 0 aromatic rings. The predicted molar refractivity (Wildman–Crippen MR) is 77.0 cm³/mol. The average Bonchev–Trinajstić information content (AvgIpc) is 3.10. The van der Waals surface area contributed by atoms with Crippen molar-refractivity contribution in [2.75, 3.05) is 13.2 Å². The molecular formula is C13H22N2O10. The van der Waals surface area contributed by atoms with Gasteiger partial charge in [-0.3, -0.25) is 0 Å². The highest BCUT2D eigenvalue weighted by Crippen LogP contribution is 2.36. The summed E-state index contributed by atoms with van der Waals surface area (Å²) in [6, 6.07) is -1.34. The molecule has 0 aromatic carbocycles. The second-order valence-corrected chi connectivity index (χ2v) is 6.44. The van der Waals surface area contributed by atoms with Gasteiger partial charge in [0.25, 0.3) is 6.02 Å². The fourth-order valence-electron chi connectivity index (χ4n) is 3.35. The van der Waals surface area contributed by atoms with Crippen LogP contribution in [0.15, 0.2) is 4.99 Å². The van der Waals surface area contributed by atoms with Crippen molar-refractivity contribution in [2.24, 2.45) is 4.99 Å². The van der Waals surface area contributed by atoms with E-state index in [1.807, 2.05) is 0 Å². The van der Waals surface area contributed by atoms with E-state index in [0.29, 0.717) is 0 Å². The summed E-state index contributed by atoms with van der Waals surface area (Å²) >= 11 is 0. The number of rotatable bonds is 3. The third kappa shape index (κ3) is 2.79. The molecule has 0 spiro atoms. The van der Waals surface area contributed by atoms with Gasteiger partial charge in [0.2, 0.25) is 0 Å². The van der Waals surface area contributed by atoms with Gasteiger partial charge in [0.1, 0.15) is 48.3 Å². The standard InChI is InChI=1S/C13H22N2O10/c16-1-3-4(18)5(19)6(20)11(24-3)15-12-14-9-8(25-12)7(21)10(22)13(9,23)2-17/h3-11,16-23H,1-2H2,(H,14,15)/t3-,4-,5+,6-,7+,8+,9+,10+,11-,13-/m0/s1. The molecule has 0 aromatic heterocycles. The number of nitrogens with one attached hydrogen (secondary N) is 1. The highest BCUT2D eigenvalue weighted by molar-refractivity contribution is 5.77. The van der Waals surface area contributed by atoms with Crippen molar-refractivity contribution in [2.45, 2.75) is 60.6 Å². The average molecular weight is 366 g/mol. The van der Waals surface area contributed by atoms with Crippen molar-refractivity contribution in [3.8, 4) is 0 Å². The third-order valence-electron chi connectivity index (χ3n) is 4.93. The Hall–Kier alpha value is -1.09. The highest BCUT2D eigenvalue weighted by atomic mass is 16.6. The maximum absolute atomic E-state index is 10.3. The molecule has 2 aliphatic heterocycles. The molecule has 0 bridgehead atoms. The lowest BCUT2D eigenvalue weighted by Gasteiger charge is -2.38. The van der Waals surface area contributed by atoms with Crippen LogP contribution in [0.25, 0.3) is 0 Å². The summed E-state index contributed by atoms with van der Waals surface area (Å²) in [6.45, 7) is -1.48. The van der Waals surface area contributed by atoms with Crippen LogP contribution in [-0.4, -0.2) is 121 Å². The summed E-state index contributed by atoms with van der Waals surface area (Å²) in [5.74, 6) is 0. The number of fused-ring (bicyclic) bond motifs is 1. The van der Waals surface area contributed by atoms with Gasteiger partial charge in [-0.05, 0) is 0 Å². The molecule has 0 radical (unpaired) electrons. The van der Waals surface area contributed by atoms with E-state index in [0.717, 1.165) is 0 Å². The molecule has 9 N–H and O–H groups in total. The van der Waals surface area contributed by atoms with Crippen molar-refractivity contribution >= 4 is 6.02 Å². The molecule has 2 saturated heterocycles. The van der Waals surface area contributed by atoms with E-state index in [9.17, 15) is 35.7 Å². The molecule has 2 heterocycles. The van der Waals surface area contributed by atoms with Crippen molar-refractivity contribution < 1.29 is 50.3 Å². The molecule has 25 heavy (non-hydrogen) atoms. The maximum atomic E-state index is 10.3. The Morgan fingerprint density at radius 2 is 1.68 bits per heavy atom. The van der Waals surface area contributed by atoms with Gasteiger partial charge >= 0.3 is 0 Å². The molecule has 3 fully saturated rings. The Kier molecular flexibility index (Phi) is 4.91. The summed E-state index contributed by atoms with van der Waals surface area (Å²) in [4.78, 5) is 3.88. The summed E-state index contributed by atoms with van der Waals surface area (Å²) in [7, 11) is 0. The van der Waals surface area contributed by atoms with Crippen molar-refractivity contribution in [1.82, 2.24) is 5.32 Å². The third-order valence-corrected chi connectivity index (χ3v) is 4.93. The van der Waals surface area contributed by atoms with Crippen molar-refractivity contribution in [3.63, 3.8) is 0 Å². The van der Waals surface area contributed by atoms with E-state index in [1.54, 1.807) is 0 Å². The summed E-state index contributed by atoms with van der Waals surface area (Å²) in [5.41, 5.74) is -2.07. The molecule has 1 aliphatic carbocycles. The molecule has 1 saturated carbocycles. The lowest BCUT2D eigenvalue weighted by Crippen LogP contribution is -2.58. The van der Waals surface area contributed by atoms with Crippen LogP contribution in [0.5, 0.6) is 0 Å². The number of aliphatic imine (C=N–C) groups is 1. The number of nitrogens with zero attached hydrogens (tertiary/aromatic N) is 1. The maximum Gasteiger partial charge on any atom is 0.288 e. The number of amidine groups is 1. The SMILES string of the molecule is OC[C@@H]1O[C@H](N=C2N[C@@H]3[C@H](O2)[C@@H](O)[C@@H](O)[C@]3(O)CO)[C@@H](O)[C@H](O)[C@H]1O. The van der Waals surface area contributed by atoms with Gasteiger partial charge in [-0.25, -0.2) is 4.99 Å². The number of ether oxygens (including phenoxy) is 2. The van der Waals surface area contributed by atoms with E-state index in [-0.39, 0.29) is 6.02 Å². The zero-order valence-electron chi connectivity index (χ0n) is 13.0. The van der Waals surface area contributed by atoms with Crippen LogP contribution in [0.2, 0.25) is 0 Å². The molecule has 144 valence electrons. The fourth-order valence-corrected chi connectivity index (χ4v) is 3.35. The van der Waals surface area contributed by atoms with Crippen molar-refractivity contribution in [1.29, 1.82) is 0 Å². The molecule has 3 rings (SSSR count). The quantitative estimate of drug-likeness (QED) is 0.230. The summed E-state index contributed by atoms with van der Waals surface area (Å²) in [5, 5.41) is 80.5. The van der Waals surface area contributed by atoms with Crippen LogP contribution in [0, 0.1) is 0 Å². The normalized spacial score (nSPS) is 54.2. The van der Waals surface area contributed by atoms with Crippen LogP contribution in [0.3, 0.4) is 0 Å². The Morgan fingerprint density at radius 3 is 2.28 bits per heavy atom. The van der Waals surface area contributed by atoms with Gasteiger partial charge in [-0.15, -0.1) is 0 Å². The van der Waals surface area contributed by atoms with Gasteiger partial charge in [0.05, 0.1) is 13.2 Å². The van der Waals surface area contributed by atoms with E-state index in [2.05, 4.69) is 10.3 Å². The number of aliphatic hydroxyl groups is 8. The fraction of sp³-hybridized carbons (Fsp3) is 0.923. The smallest absolute Gasteiger partial charge is 0.288 e. The van der Waals surface area contributed by atoms with Crippen LogP contribution in [-0.2, 0) is 9.47 Å². The van der Waals surface area contributed by atoms with E-state index >= 15 is 0 Å². The molecule has 12 nitrogen and oxygen atoms in total. The molecule has 3 aliphatic rings. The van der Waals surface area contributed by atoms with E-state index in [4.69, 9.17) is 14.6 Å².